The summed E-state index contributed by atoms with van der Waals surface area (Å²) in [6.45, 7) is 5.42. The van der Waals surface area contributed by atoms with Crippen molar-refractivity contribution in [2.75, 3.05) is 20.3 Å². The lowest BCUT2D eigenvalue weighted by molar-refractivity contribution is 0.145. The van der Waals surface area contributed by atoms with Crippen LogP contribution in [0, 0.1) is 6.92 Å². The average molecular weight is 334 g/mol. The second kappa shape index (κ2) is 8.59. The number of nitrogens with zero attached hydrogens (tertiary/aromatic N) is 3. The van der Waals surface area contributed by atoms with Gasteiger partial charge in [0.05, 0.1) is 12.6 Å². The predicted molar refractivity (Wildman–Crippen MR) is 90.3 cm³/mol. The fraction of sp³-hybridized carbons (Fsp3) is 0.438. The van der Waals surface area contributed by atoms with Gasteiger partial charge in [-0.15, -0.1) is 11.3 Å². The van der Waals surface area contributed by atoms with Gasteiger partial charge >= 0.3 is 6.03 Å². The number of urea groups is 1. The van der Waals surface area contributed by atoms with Crippen molar-refractivity contribution in [3.63, 3.8) is 0 Å². The first-order valence-electron chi connectivity index (χ1n) is 7.45. The van der Waals surface area contributed by atoms with Crippen molar-refractivity contribution in [3.8, 4) is 0 Å². The van der Waals surface area contributed by atoms with Gasteiger partial charge in [-0.05, 0) is 31.5 Å². The van der Waals surface area contributed by atoms with E-state index in [1.165, 1.54) is 0 Å². The number of hydrogen-bond acceptors (Lipinski definition) is 5. The van der Waals surface area contributed by atoms with Crippen LogP contribution in [0.25, 0.3) is 0 Å². The summed E-state index contributed by atoms with van der Waals surface area (Å²) in [4.78, 5) is 22.7. The number of amides is 2. The summed E-state index contributed by atoms with van der Waals surface area (Å²) < 4.78 is 5.11. The highest BCUT2D eigenvalue weighted by Crippen LogP contribution is 2.18. The smallest absolute Gasteiger partial charge is 0.318 e. The van der Waals surface area contributed by atoms with Gasteiger partial charge in [-0.3, -0.25) is 4.98 Å². The van der Waals surface area contributed by atoms with Crippen LogP contribution in [0.4, 0.5) is 4.79 Å². The number of hydrogen-bond donors (Lipinski definition) is 1. The van der Waals surface area contributed by atoms with Gasteiger partial charge in [0.15, 0.2) is 0 Å². The van der Waals surface area contributed by atoms with Gasteiger partial charge in [-0.1, -0.05) is 0 Å². The fourth-order valence-electron chi connectivity index (χ4n) is 2.07. The van der Waals surface area contributed by atoms with Crippen LogP contribution in [0.2, 0.25) is 0 Å². The largest absolute Gasteiger partial charge is 0.383 e. The van der Waals surface area contributed by atoms with E-state index >= 15 is 0 Å². The quantitative estimate of drug-likeness (QED) is 0.845. The third-order valence-corrected chi connectivity index (χ3v) is 4.47. The summed E-state index contributed by atoms with van der Waals surface area (Å²) in [6.07, 6.45) is 3.45. The van der Waals surface area contributed by atoms with Crippen molar-refractivity contribution in [3.05, 3.63) is 46.2 Å². The minimum Gasteiger partial charge on any atom is -0.383 e. The van der Waals surface area contributed by atoms with Crippen molar-refractivity contribution in [1.29, 1.82) is 0 Å². The number of pyridine rings is 1. The van der Waals surface area contributed by atoms with E-state index in [4.69, 9.17) is 4.74 Å². The highest BCUT2D eigenvalue weighted by molar-refractivity contribution is 7.09. The maximum atomic E-state index is 12.6. The molecule has 0 aliphatic heterocycles. The standard InChI is InChI=1S/C16H22N4O2S/c1-12-11-23-15(18-12)13(2)19-16(21)20(8-9-22-3)10-14-4-6-17-7-5-14/h4-7,11,13H,8-10H2,1-3H3,(H,19,21). The van der Waals surface area contributed by atoms with Gasteiger partial charge in [0, 0.05) is 43.7 Å². The summed E-state index contributed by atoms with van der Waals surface area (Å²) in [6, 6.07) is 3.56. The molecule has 2 amide bonds. The summed E-state index contributed by atoms with van der Waals surface area (Å²) in [5.41, 5.74) is 2.00. The number of aryl methyl sites for hydroxylation is 1. The van der Waals surface area contributed by atoms with Gasteiger partial charge < -0.3 is 15.0 Å². The van der Waals surface area contributed by atoms with E-state index in [0.29, 0.717) is 19.7 Å². The Morgan fingerprint density at radius 1 is 1.43 bits per heavy atom. The predicted octanol–water partition coefficient (Wildman–Crippen LogP) is 2.77. The maximum Gasteiger partial charge on any atom is 0.318 e. The maximum absolute atomic E-state index is 12.6. The van der Waals surface area contributed by atoms with E-state index in [2.05, 4.69) is 15.3 Å². The van der Waals surface area contributed by atoms with Crippen LogP contribution in [-0.2, 0) is 11.3 Å². The number of carbonyl (C=O) groups is 1. The molecule has 0 aliphatic carbocycles. The van der Waals surface area contributed by atoms with Gasteiger partial charge in [0.2, 0.25) is 0 Å². The number of rotatable bonds is 7. The Morgan fingerprint density at radius 2 is 2.17 bits per heavy atom. The fourth-order valence-corrected chi connectivity index (χ4v) is 2.88. The zero-order valence-electron chi connectivity index (χ0n) is 13.7. The molecular formula is C16H22N4O2S. The molecule has 124 valence electrons. The molecule has 2 aromatic rings. The molecule has 0 saturated carbocycles. The van der Waals surface area contributed by atoms with Crippen LogP contribution < -0.4 is 5.32 Å². The Morgan fingerprint density at radius 3 is 2.78 bits per heavy atom. The Bertz CT molecular complexity index is 618. The number of methoxy groups -OCH3 is 1. The molecule has 0 spiro atoms. The third-order valence-electron chi connectivity index (χ3n) is 3.32. The third kappa shape index (κ3) is 5.30. The Balaban J connectivity index is 2.00. The van der Waals surface area contributed by atoms with Crippen LogP contribution in [0.15, 0.2) is 29.9 Å². The lowest BCUT2D eigenvalue weighted by Crippen LogP contribution is -2.42. The number of thiazole rings is 1. The molecule has 7 heteroatoms. The van der Waals surface area contributed by atoms with Gasteiger partial charge in [-0.2, -0.15) is 0 Å². The molecule has 0 fully saturated rings. The van der Waals surface area contributed by atoms with Gasteiger partial charge in [-0.25, -0.2) is 9.78 Å². The van der Waals surface area contributed by atoms with Gasteiger partial charge in [0.25, 0.3) is 0 Å². The lowest BCUT2D eigenvalue weighted by atomic mass is 10.2. The molecule has 0 aliphatic rings. The molecule has 1 unspecified atom stereocenters. The number of ether oxygens (including phenoxy) is 1. The van der Waals surface area contributed by atoms with Gasteiger partial charge in [0.1, 0.15) is 5.01 Å². The average Bonchev–Trinajstić information content (AvgIpc) is 2.99. The Labute approximate surface area is 140 Å². The first kappa shape index (κ1) is 17.4. The van der Waals surface area contributed by atoms with Crippen LogP contribution in [0.5, 0.6) is 0 Å². The topological polar surface area (TPSA) is 67.3 Å². The van der Waals surface area contributed by atoms with Crippen LogP contribution in [0.3, 0.4) is 0 Å². The number of aromatic nitrogens is 2. The molecule has 6 nitrogen and oxygen atoms in total. The molecule has 1 atom stereocenters. The van der Waals surface area contributed by atoms with Crippen molar-refractivity contribution in [1.82, 2.24) is 20.2 Å². The zero-order chi connectivity index (χ0) is 16.7. The summed E-state index contributed by atoms with van der Waals surface area (Å²) in [5, 5.41) is 5.90. The molecule has 0 radical (unpaired) electrons. The van der Waals surface area contributed by atoms with Crippen molar-refractivity contribution in [2.45, 2.75) is 26.4 Å². The van der Waals surface area contributed by atoms with Crippen LogP contribution >= 0.6 is 11.3 Å². The SMILES string of the molecule is COCCN(Cc1ccncc1)C(=O)NC(C)c1nc(C)cs1. The molecule has 0 saturated heterocycles. The van der Waals surface area contributed by atoms with E-state index in [1.54, 1.807) is 35.7 Å². The minimum atomic E-state index is -0.126. The molecule has 1 N–H and O–H groups in total. The molecule has 2 rings (SSSR count). The zero-order valence-corrected chi connectivity index (χ0v) is 14.5. The first-order valence-corrected chi connectivity index (χ1v) is 8.33. The second-order valence-corrected chi connectivity index (χ2v) is 6.16. The second-order valence-electron chi connectivity index (χ2n) is 5.27. The van der Waals surface area contributed by atoms with E-state index in [-0.39, 0.29) is 12.1 Å². The highest BCUT2D eigenvalue weighted by atomic mass is 32.1. The number of carbonyl (C=O) groups excluding carboxylic acids is 1. The molecule has 2 aromatic heterocycles. The Hall–Kier alpha value is -1.99. The highest BCUT2D eigenvalue weighted by Gasteiger charge is 2.18. The first-order chi connectivity index (χ1) is 11.1. The van der Waals surface area contributed by atoms with Crippen molar-refractivity contribution in [2.24, 2.45) is 0 Å². The van der Waals surface area contributed by atoms with Crippen molar-refractivity contribution >= 4 is 17.4 Å². The summed E-state index contributed by atoms with van der Waals surface area (Å²) >= 11 is 1.56. The molecule has 2 heterocycles. The Kier molecular flexibility index (Phi) is 6.49. The van der Waals surface area contributed by atoms with E-state index < -0.39 is 0 Å². The van der Waals surface area contributed by atoms with E-state index in [0.717, 1.165) is 16.3 Å². The van der Waals surface area contributed by atoms with Crippen LogP contribution in [0.1, 0.15) is 29.2 Å². The molecule has 23 heavy (non-hydrogen) atoms. The normalized spacial score (nSPS) is 12.0. The molecular weight excluding hydrogens is 312 g/mol. The van der Waals surface area contributed by atoms with E-state index in [1.807, 2.05) is 31.4 Å². The minimum absolute atomic E-state index is 0.122. The monoisotopic (exact) mass is 334 g/mol. The summed E-state index contributed by atoms with van der Waals surface area (Å²) in [5.74, 6) is 0. The number of nitrogens with one attached hydrogen (secondary N) is 1. The van der Waals surface area contributed by atoms with E-state index in [9.17, 15) is 4.79 Å². The van der Waals surface area contributed by atoms with Crippen molar-refractivity contribution < 1.29 is 9.53 Å². The van der Waals surface area contributed by atoms with Crippen LogP contribution in [-0.4, -0.2) is 41.2 Å². The molecule has 0 bridgehead atoms. The lowest BCUT2D eigenvalue weighted by Gasteiger charge is -2.24. The summed E-state index contributed by atoms with van der Waals surface area (Å²) in [7, 11) is 1.63. The molecule has 0 aromatic carbocycles.